The monoisotopic (exact) mass is 193 g/mol. The summed E-state index contributed by atoms with van der Waals surface area (Å²) in [4.78, 5) is 4.05. The highest BCUT2D eigenvalue weighted by Gasteiger charge is 2.04. The van der Waals surface area contributed by atoms with Gasteiger partial charge in [-0.15, -0.1) is 0 Å². The fraction of sp³-hybridized carbons (Fsp3) is 0.182. The van der Waals surface area contributed by atoms with E-state index in [0.717, 1.165) is 18.1 Å². The first-order chi connectivity index (χ1) is 6.70. The molecule has 0 unspecified atom stereocenters. The van der Waals surface area contributed by atoms with Gasteiger partial charge in [-0.3, -0.25) is 4.98 Å². The molecule has 0 amide bonds. The van der Waals surface area contributed by atoms with Gasteiger partial charge in [0.15, 0.2) is 11.6 Å². The number of nitrogens with zero attached hydrogens (tertiary/aromatic N) is 1. The SMILES string of the molecule is CCc1cnc2cc(F)c(F)cc2c1. The Balaban J connectivity index is 2.70. The van der Waals surface area contributed by atoms with E-state index in [0.29, 0.717) is 10.9 Å². The predicted octanol–water partition coefficient (Wildman–Crippen LogP) is 3.08. The van der Waals surface area contributed by atoms with Crippen LogP contribution in [0.1, 0.15) is 12.5 Å². The Kier molecular flexibility index (Phi) is 2.15. The normalized spacial score (nSPS) is 10.8. The van der Waals surface area contributed by atoms with Crippen LogP contribution in [-0.4, -0.2) is 4.98 Å². The van der Waals surface area contributed by atoms with E-state index in [1.54, 1.807) is 6.20 Å². The van der Waals surface area contributed by atoms with Crippen LogP contribution in [0.2, 0.25) is 0 Å². The van der Waals surface area contributed by atoms with Gasteiger partial charge in [-0.05, 0) is 24.1 Å². The van der Waals surface area contributed by atoms with Crippen LogP contribution in [-0.2, 0) is 6.42 Å². The van der Waals surface area contributed by atoms with Gasteiger partial charge in [0.25, 0.3) is 0 Å². The topological polar surface area (TPSA) is 12.9 Å². The van der Waals surface area contributed by atoms with Gasteiger partial charge in [-0.2, -0.15) is 0 Å². The molecule has 0 fully saturated rings. The first kappa shape index (κ1) is 9.06. The van der Waals surface area contributed by atoms with Crippen LogP contribution >= 0.6 is 0 Å². The molecular formula is C11H9F2N. The number of halogens is 2. The molecule has 0 N–H and O–H groups in total. The molecule has 0 aliphatic carbocycles. The van der Waals surface area contributed by atoms with Crippen molar-refractivity contribution in [2.45, 2.75) is 13.3 Å². The second kappa shape index (κ2) is 3.33. The van der Waals surface area contributed by atoms with Crippen LogP contribution in [0.15, 0.2) is 24.4 Å². The first-order valence-electron chi connectivity index (χ1n) is 4.44. The van der Waals surface area contributed by atoms with Gasteiger partial charge in [-0.25, -0.2) is 8.78 Å². The van der Waals surface area contributed by atoms with Gasteiger partial charge in [0.1, 0.15) is 0 Å². The molecule has 1 nitrogen and oxygen atoms in total. The van der Waals surface area contributed by atoms with Crippen molar-refractivity contribution in [2.24, 2.45) is 0 Å². The van der Waals surface area contributed by atoms with Crippen LogP contribution in [0, 0.1) is 11.6 Å². The summed E-state index contributed by atoms with van der Waals surface area (Å²) >= 11 is 0. The van der Waals surface area contributed by atoms with Gasteiger partial charge in [-0.1, -0.05) is 6.92 Å². The molecule has 3 heteroatoms. The van der Waals surface area contributed by atoms with E-state index >= 15 is 0 Å². The Morgan fingerprint density at radius 2 is 1.86 bits per heavy atom. The van der Waals surface area contributed by atoms with Crippen LogP contribution in [0.4, 0.5) is 8.78 Å². The maximum Gasteiger partial charge on any atom is 0.161 e. The minimum absolute atomic E-state index is 0.487. The minimum atomic E-state index is -0.853. The van der Waals surface area contributed by atoms with Crippen molar-refractivity contribution in [3.8, 4) is 0 Å². The number of pyridine rings is 1. The molecule has 0 saturated carbocycles. The Morgan fingerprint density at radius 3 is 2.57 bits per heavy atom. The second-order valence-electron chi connectivity index (χ2n) is 3.16. The molecule has 0 aliphatic rings. The van der Waals surface area contributed by atoms with Crippen LogP contribution in [0.5, 0.6) is 0 Å². The largest absolute Gasteiger partial charge is 0.256 e. The van der Waals surface area contributed by atoms with Gasteiger partial charge < -0.3 is 0 Å². The Bertz CT molecular complexity index is 480. The molecule has 1 heterocycles. The molecule has 72 valence electrons. The number of hydrogen-bond acceptors (Lipinski definition) is 1. The third-order valence-electron chi connectivity index (χ3n) is 2.19. The molecule has 2 aromatic rings. The van der Waals surface area contributed by atoms with Crippen LogP contribution < -0.4 is 0 Å². The van der Waals surface area contributed by atoms with Crippen molar-refractivity contribution in [1.29, 1.82) is 0 Å². The van der Waals surface area contributed by atoms with E-state index in [2.05, 4.69) is 4.98 Å². The van der Waals surface area contributed by atoms with Gasteiger partial charge in [0.05, 0.1) is 5.52 Å². The number of rotatable bonds is 1. The zero-order chi connectivity index (χ0) is 10.1. The van der Waals surface area contributed by atoms with Crippen molar-refractivity contribution in [1.82, 2.24) is 4.98 Å². The quantitative estimate of drug-likeness (QED) is 0.678. The average Bonchev–Trinajstić information content (AvgIpc) is 2.19. The summed E-state index contributed by atoms with van der Waals surface area (Å²) in [5.41, 5.74) is 1.50. The molecule has 2 rings (SSSR count). The summed E-state index contributed by atoms with van der Waals surface area (Å²) < 4.78 is 25.7. The van der Waals surface area contributed by atoms with Crippen molar-refractivity contribution in [3.63, 3.8) is 0 Å². The summed E-state index contributed by atoms with van der Waals surface area (Å²) in [6.45, 7) is 1.99. The molecule has 0 spiro atoms. The second-order valence-corrected chi connectivity index (χ2v) is 3.16. The standard InChI is InChI=1S/C11H9F2N/c1-2-7-3-8-4-9(12)10(13)5-11(8)14-6-7/h3-6H,2H2,1H3. The van der Waals surface area contributed by atoms with Crippen LogP contribution in [0.3, 0.4) is 0 Å². The number of aryl methyl sites for hydroxylation is 1. The average molecular weight is 193 g/mol. The van der Waals surface area contributed by atoms with Crippen molar-refractivity contribution in [2.75, 3.05) is 0 Å². The Morgan fingerprint density at radius 1 is 1.14 bits per heavy atom. The highest BCUT2D eigenvalue weighted by molar-refractivity contribution is 5.79. The Labute approximate surface area is 80.4 Å². The van der Waals surface area contributed by atoms with Gasteiger partial charge in [0.2, 0.25) is 0 Å². The number of fused-ring (bicyclic) bond motifs is 1. The number of aromatic nitrogens is 1. The van der Waals surface area contributed by atoms with E-state index in [4.69, 9.17) is 0 Å². The van der Waals surface area contributed by atoms with Gasteiger partial charge >= 0.3 is 0 Å². The smallest absolute Gasteiger partial charge is 0.161 e. The predicted molar refractivity (Wildman–Crippen MR) is 51.0 cm³/mol. The maximum atomic E-state index is 12.9. The maximum absolute atomic E-state index is 12.9. The lowest BCUT2D eigenvalue weighted by atomic mass is 10.1. The van der Waals surface area contributed by atoms with Gasteiger partial charge in [0, 0.05) is 17.6 Å². The third-order valence-corrected chi connectivity index (χ3v) is 2.19. The molecule has 0 aliphatic heterocycles. The van der Waals surface area contributed by atoms with E-state index in [1.165, 1.54) is 6.07 Å². The van der Waals surface area contributed by atoms with Crippen molar-refractivity contribution < 1.29 is 8.78 Å². The van der Waals surface area contributed by atoms with E-state index in [-0.39, 0.29) is 0 Å². The summed E-state index contributed by atoms with van der Waals surface area (Å²) in [7, 11) is 0. The molecule has 0 atom stereocenters. The highest BCUT2D eigenvalue weighted by atomic mass is 19.2. The molecule has 1 aromatic heterocycles. The zero-order valence-corrected chi connectivity index (χ0v) is 7.72. The van der Waals surface area contributed by atoms with E-state index in [9.17, 15) is 8.78 Å². The third kappa shape index (κ3) is 1.45. The molecule has 0 bridgehead atoms. The lowest BCUT2D eigenvalue weighted by Crippen LogP contribution is -1.89. The molecule has 1 aromatic carbocycles. The van der Waals surface area contributed by atoms with E-state index < -0.39 is 11.6 Å². The van der Waals surface area contributed by atoms with Crippen molar-refractivity contribution in [3.05, 3.63) is 41.6 Å². The summed E-state index contributed by atoms with van der Waals surface area (Å²) in [6.07, 6.45) is 2.52. The summed E-state index contributed by atoms with van der Waals surface area (Å²) in [5, 5.41) is 0.642. The number of benzene rings is 1. The van der Waals surface area contributed by atoms with Crippen LogP contribution in [0.25, 0.3) is 10.9 Å². The number of hydrogen-bond donors (Lipinski definition) is 0. The molecule has 0 radical (unpaired) electrons. The minimum Gasteiger partial charge on any atom is -0.256 e. The summed E-state index contributed by atoms with van der Waals surface area (Å²) in [5.74, 6) is -1.68. The molecular weight excluding hydrogens is 184 g/mol. The first-order valence-corrected chi connectivity index (χ1v) is 4.44. The lowest BCUT2D eigenvalue weighted by Gasteiger charge is -2.01. The van der Waals surface area contributed by atoms with Crippen molar-refractivity contribution >= 4 is 10.9 Å². The highest BCUT2D eigenvalue weighted by Crippen LogP contribution is 2.17. The Hall–Kier alpha value is -1.51. The molecule has 14 heavy (non-hydrogen) atoms. The lowest BCUT2D eigenvalue weighted by molar-refractivity contribution is 0.510. The molecule has 0 saturated heterocycles. The fourth-order valence-corrected chi connectivity index (χ4v) is 1.36. The zero-order valence-electron chi connectivity index (χ0n) is 7.72. The van der Waals surface area contributed by atoms with E-state index in [1.807, 2.05) is 13.0 Å². The summed E-state index contributed by atoms with van der Waals surface area (Å²) in [6, 6.07) is 4.12. The fourth-order valence-electron chi connectivity index (χ4n) is 1.36.